The molecule has 1 aliphatic rings. The minimum absolute atomic E-state index is 0.357. The van der Waals surface area contributed by atoms with Gasteiger partial charge >= 0.3 is 27.3 Å². The summed E-state index contributed by atoms with van der Waals surface area (Å²) < 4.78 is 59.7. The second-order valence-corrected chi connectivity index (χ2v) is 6.77. The fraction of sp³-hybridized carbons (Fsp3) is 0.833. The van der Waals surface area contributed by atoms with Crippen LogP contribution in [0.2, 0.25) is 0 Å². The molecule has 1 saturated carbocycles. The van der Waals surface area contributed by atoms with E-state index in [1.807, 2.05) is 0 Å². The van der Waals surface area contributed by atoms with Crippen LogP contribution in [0.1, 0.15) is 38.5 Å². The lowest BCUT2D eigenvalue weighted by Crippen LogP contribution is -2.34. The van der Waals surface area contributed by atoms with Crippen molar-refractivity contribution in [3.8, 4) is 0 Å². The number of alkyl halides is 2. The summed E-state index contributed by atoms with van der Waals surface area (Å²) in [4.78, 5) is 22.8. The van der Waals surface area contributed by atoms with Gasteiger partial charge in [-0.1, -0.05) is 12.8 Å². The monoisotopic (exact) mass is 344 g/mol. The summed E-state index contributed by atoms with van der Waals surface area (Å²) in [5.41, 5.74) is 0. The summed E-state index contributed by atoms with van der Waals surface area (Å²) in [6.07, 6.45) is 0.438. The zero-order chi connectivity index (χ0) is 17.0. The van der Waals surface area contributed by atoms with Crippen LogP contribution in [0.3, 0.4) is 0 Å². The number of carboxylic acid groups (broad SMARTS) is 1. The number of halogens is 2. The molecule has 2 unspecified atom stereocenters. The molecule has 22 heavy (non-hydrogen) atoms. The van der Waals surface area contributed by atoms with E-state index in [2.05, 4.69) is 0 Å². The molecule has 10 heteroatoms. The van der Waals surface area contributed by atoms with Gasteiger partial charge in [-0.3, -0.25) is 14.1 Å². The molecule has 1 rings (SSSR count). The van der Waals surface area contributed by atoms with E-state index in [1.54, 1.807) is 0 Å². The average molecular weight is 344 g/mol. The molecule has 7 nitrogen and oxygen atoms in total. The predicted molar refractivity (Wildman–Crippen MR) is 69.8 cm³/mol. The van der Waals surface area contributed by atoms with Gasteiger partial charge in [-0.2, -0.15) is 17.2 Å². The maximum Gasteiger partial charge on any atom is 0.370 e. The standard InChI is InChI=1S/C12H18F2O7S/c13-12(14,22(18,19)20)6-3-7-21-11(17)9-5-2-1-4-8(9)10(15)16/h8-9H,1-7H2,(H,15,16)(H,18,19,20). The number of carbonyl (C=O) groups is 2. The average Bonchev–Trinajstić information content (AvgIpc) is 2.42. The van der Waals surface area contributed by atoms with Crippen LogP contribution in [0.25, 0.3) is 0 Å². The van der Waals surface area contributed by atoms with Gasteiger partial charge in [0.1, 0.15) is 0 Å². The number of esters is 1. The third-order valence-electron chi connectivity index (χ3n) is 3.62. The van der Waals surface area contributed by atoms with Crippen molar-refractivity contribution in [2.45, 2.75) is 43.8 Å². The van der Waals surface area contributed by atoms with Crippen molar-refractivity contribution in [1.29, 1.82) is 0 Å². The summed E-state index contributed by atoms with van der Waals surface area (Å²) in [7, 11) is -5.50. The highest BCUT2D eigenvalue weighted by Gasteiger charge is 2.43. The molecule has 0 radical (unpaired) electrons. The minimum Gasteiger partial charge on any atom is -0.481 e. The van der Waals surface area contributed by atoms with E-state index in [1.165, 1.54) is 0 Å². The van der Waals surface area contributed by atoms with Gasteiger partial charge in [0, 0.05) is 6.42 Å². The highest BCUT2D eigenvalue weighted by molar-refractivity contribution is 7.86. The van der Waals surface area contributed by atoms with Crippen LogP contribution >= 0.6 is 0 Å². The van der Waals surface area contributed by atoms with Crippen LogP contribution in [0.5, 0.6) is 0 Å². The molecule has 0 amide bonds. The molecule has 1 aliphatic carbocycles. The smallest absolute Gasteiger partial charge is 0.370 e. The molecule has 0 saturated heterocycles. The Labute approximate surface area is 126 Å². The van der Waals surface area contributed by atoms with Crippen molar-refractivity contribution >= 4 is 22.1 Å². The third kappa shape index (κ3) is 4.87. The van der Waals surface area contributed by atoms with E-state index in [0.29, 0.717) is 25.7 Å². The van der Waals surface area contributed by atoms with Gasteiger partial charge < -0.3 is 9.84 Å². The maximum atomic E-state index is 12.9. The quantitative estimate of drug-likeness (QED) is 0.410. The van der Waals surface area contributed by atoms with Crippen molar-refractivity contribution in [2.24, 2.45) is 11.8 Å². The summed E-state index contributed by atoms with van der Waals surface area (Å²) in [5.74, 6) is -3.53. The fourth-order valence-corrected chi connectivity index (χ4v) is 2.80. The Balaban J connectivity index is 2.44. The van der Waals surface area contributed by atoms with E-state index >= 15 is 0 Å². The van der Waals surface area contributed by atoms with Crippen LogP contribution < -0.4 is 0 Å². The summed E-state index contributed by atoms with van der Waals surface area (Å²) in [6, 6.07) is 0. The van der Waals surface area contributed by atoms with Gasteiger partial charge in [0.15, 0.2) is 0 Å². The van der Waals surface area contributed by atoms with E-state index < -0.39 is 58.6 Å². The highest BCUT2D eigenvalue weighted by Crippen LogP contribution is 2.31. The Hall–Kier alpha value is -1.29. The lowest BCUT2D eigenvalue weighted by atomic mass is 9.79. The number of hydrogen-bond donors (Lipinski definition) is 2. The summed E-state index contributed by atoms with van der Waals surface area (Å²) >= 11 is 0. The van der Waals surface area contributed by atoms with E-state index in [9.17, 15) is 26.8 Å². The van der Waals surface area contributed by atoms with Crippen LogP contribution in [0, 0.1) is 11.8 Å². The second-order valence-electron chi connectivity index (χ2n) is 5.22. The SMILES string of the molecule is O=C(O)C1CCCCC1C(=O)OCCCC(F)(F)S(=O)(=O)O. The number of carbonyl (C=O) groups excluding carboxylic acids is 1. The Morgan fingerprint density at radius 3 is 2.23 bits per heavy atom. The normalized spacial score (nSPS) is 23.0. The van der Waals surface area contributed by atoms with E-state index in [4.69, 9.17) is 14.4 Å². The van der Waals surface area contributed by atoms with Crippen LogP contribution in [-0.2, 0) is 24.4 Å². The molecule has 0 aromatic heterocycles. The molecule has 1 fully saturated rings. The second kappa shape index (κ2) is 7.32. The van der Waals surface area contributed by atoms with Crippen molar-refractivity contribution in [2.75, 3.05) is 6.61 Å². The zero-order valence-electron chi connectivity index (χ0n) is 11.7. The number of aliphatic carboxylic acids is 1. The largest absolute Gasteiger partial charge is 0.481 e. The number of hydrogen-bond acceptors (Lipinski definition) is 5. The Bertz CT molecular complexity index is 518. The number of carboxylic acids is 1. The lowest BCUT2D eigenvalue weighted by Gasteiger charge is -2.26. The Morgan fingerprint density at radius 1 is 1.18 bits per heavy atom. The zero-order valence-corrected chi connectivity index (χ0v) is 12.5. The molecule has 0 spiro atoms. The van der Waals surface area contributed by atoms with Crippen molar-refractivity contribution < 1.29 is 41.2 Å². The number of ether oxygens (including phenoxy) is 1. The lowest BCUT2D eigenvalue weighted by molar-refractivity contribution is -0.160. The first-order valence-corrected chi connectivity index (χ1v) is 8.24. The fourth-order valence-electron chi connectivity index (χ4n) is 2.40. The van der Waals surface area contributed by atoms with Gasteiger partial charge in [0.25, 0.3) is 0 Å². The topological polar surface area (TPSA) is 118 Å². The molecule has 0 aromatic carbocycles. The summed E-state index contributed by atoms with van der Waals surface area (Å²) in [6.45, 7) is -0.465. The van der Waals surface area contributed by atoms with Crippen LogP contribution in [0.4, 0.5) is 8.78 Å². The van der Waals surface area contributed by atoms with Gasteiger partial charge in [-0.05, 0) is 19.3 Å². The summed E-state index contributed by atoms with van der Waals surface area (Å²) in [5, 5.41) is 4.73. The predicted octanol–water partition coefficient (Wildman–Crippen LogP) is 1.68. The van der Waals surface area contributed by atoms with Crippen LogP contribution in [0.15, 0.2) is 0 Å². The van der Waals surface area contributed by atoms with E-state index in [0.717, 1.165) is 0 Å². The van der Waals surface area contributed by atoms with Gasteiger partial charge in [-0.25, -0.2) is 0 Å². The first-order valence-electron chi connectivity index (χ1n) is 6.80. The highest BCUT2D eigenvalue weighted by atomic mass is 32.2. The number of rotatable bonds is 7. The minimum atomic E-state index is -5.50. The van der Waals surface area contributed by atoms with Gasteiger partial charge in [0.05, 0.1) is 18.4 Å². The van der Waals surface area contributed by atoms with Gasteiger partial charge in [0.2, 0.25) is 0 Å². The molecule has 0 bridgehead atoms. The first kappa shape index (κ1) is 18.8. The van der Waals surface area contributed by atoms with Crippen LogP contribution in [-0.4, -0.2) is 41.9 Å². The molecule has 2 atom stereocenters. The molecular formula is C12H18F2O7S. The molecule has 2 N–H and O–H groups in total. The molecule has 0 aromatic rings. The van der Waals surface area contributed by atoms with Crippen molar-refractivity contribution in [3.05, 3.63) is 0 Å². The van der Waals surface area contributed by atoms with Crippen molar-refractivity contribution in [3.63, 3.8) is 0 Å². The molecular weight excluding hydrogens is 326 g/mol. The van der Waals surface area contributed by atoms with E-state index in [-0.39, 0.29) is 0 Å². The molecule has 128 valence electrons. The molecule has 0 aliphatic heterocycles. The van der Waals surface area contributed by atoms with Gasteiger partial charge in [-0.15, -0.1) is 0 Å². The Kier molecular flexibility index (Phi) is 6.24. The Morgan fingerprint density at radius 2 is 1.73 bits per heavy atom. The maximum absolute atomic E-state index is 12.9. The first-order chi connectivity index (χ1) is 10.1. The van der Waals surface area contributed by atoms with Crippen molar-refractivity contribution in [1.82, 2.24) is 0 Å². The third-order valence-corrected chi connectivity index (χ3v) is 4.58. The molecule has 0 heterocycles.